The predicted molar refractivity (Wildman–Crippen MR) is 69.8 cm³/mol. The van der Waals surface area contributed by atoms with Crippen LogP contribution in [0.4, 0.5) is 0 Å². The topological polar surface area (TPSA) is 83.5 Å². The first-order valence-electron chi connectivity index (χ1n) is 5.71. The molecule has 0 spiro atoms. The van der Waals surface area contributed by atoms with Crippen LogP contribution in [0.1, 0.15) is 15.9 Å². The Balaban J connectivity index is 2.24. The summed E-state index contributed by atoms with van der Waals surface area (Å²) in [5, 5.41) is 10.6. The van der Waals surface area contributed by atoms with Crippen LogP contribution in [0.5, 0.6) is 5.75 Å². The molecule has 2 aromatic carbocycles. The molecule has 6 heteroatoms. The van der Waals surface area contributed by atoms with Crippen molar-refractivity contribution in [3.05, 3.63) is 59.7 Å². The van der Waals surface area contributed by atoms with E-state index in [-0.39, 0.29) is 16.2 Å². The average Bonchev–Trinajstić information content (AvgIpc) is 2.39. The van der Waals surface area contributed by atoms with Crippen molar-refractivity contribution in [3.63, 3.8) is 0 Å². The monoisotopic (exact) mass is 291 g/mol. The Hall–Kier alpha value is -2.34. The number of carboxylic acid groups (broad SMARTS) is 1. The van der Waals surface area contributed by atoms with Gasteiger partial charge in [-0.25, -0.2) is 0 Å². The Morgan fingerprint density at radius 2 is 1.55 bits per heavy atom. The smallest absolute Gasteiger partial charge is 0.339 e. The lowest BCUT2D eigenvalue weighted by molar-refractivity contribution is -0.255. The van der Waals surface area contributed by atoms with Crippen LogP contribution < -0.4 is 9.29 Å². The summed E-state index contributed by atoms with van der Waals surface area (Å²) < 4.78 is 28.9. The molecule has 0 aromatic heterocycles. The number of carbonyl (C=O) groups is 1. The second-order valence-electron chi connectivity index (χ2n) is 4.16. The zero-order valence-corrected chi connectivity index (χ0v) is 11.4. The minimum absolute atomic E-state index is 0.0343. The molecular formula is C14H11O5S-. The van der Waals surface area contributed by atoms with E-state index in [2.05, 4.69) is 0 Å². The van der Waals surface area contributed by atoms with Gasteiger partial charge in [-0.2, -0.15) is 8.42 Å². The van der Waals surface area contributed by atoms with Gasteiger partial charge in [0.2, 0.25) is 0 Å². The second kappa shape index (κ2) is 5.34. The van der Waals surface area contributed by atoms with Gasteiger partial charge in [0.25, 0.3) is 0 Å². The van der Waals surface area contributed by atoms with E-state index in [1.54, 1.807) is 12.1 Å². The van der Waals surface area contributed by atoms with Crippen molar-refractivity contribution in [1.82, 2.24) is 0 Å². The number of hydrogen-bond donors (Lipinski definition) is 0. The van der Waals surface area contributed by atoms with Crippen molar-refractivity contribution in [2.75, 3.05) is 0 Å². The van der Waals surface area contributed by atoms with E-state index in [1.165, 1.54) is 36.4 Å². The SMILES string of the molecule is Cc1ccc(S(=O)(=O)Oc2ccc(C(=O)[O-])cc2)cc1. The number of hydrogen-bond acceptors (Lipinski definition) is 5. The molecule has 0 atom stereocenters. The maximum Gasteiger partial charge on any atom is 0.339 e. The third-order valence-electron chi connectivity index (χ3n) is 2.61. The second-order valence-corrected chi connectivity index (χ2v) is 5.71. The van der Waals surface area contributed by atoms with Gasteiger partial charge >= 0.3 is 10.1 Å². The van der Waals surface area contributed by atoms with Gasteiger partial charge in [0.1, 0.15) is 10.6 Å². The van der Waals surface area contributed by atoms with Crippen LogP contribution in [-0.4, -0.2) is 14.4 Å². The standard InChI is InChI=1S/C14H12O5S/c1-10-2-8-13(9-3-10)20(17,18)19-12-6-4-11(5-7-12)14(15)16/h2-9H,1H3,(H,15,16)/p-1. The minimum Gasteiger partial charge on any atom is -0.545 e. The molecule has 2 rings (SSSR count). The number of aryl methyl sites for hydroxylation is 1. The highest BCUT2D eigenvalue weighted by molar-refractivity contribution is 7.87. The van der Waals surface area contributed by atoms with Crippen LogP contribution in [0.15, 0.2) is 53.4 Å². The lowest BCUT2D eigenvalue weighted by atomic mass is 10.2. The van der Waals surface area contributed by atoms with Gasteiger partial charge in [-0.3, -0.25) is 0 Å². The molecule has 104 valence electrons. The molecule has 5 nitrogen and oxygen atoms in total. The lowest BCUT2D eigenvalue weighted by Gasteiger charge is -2.08. The number of rotatable bonds is 4. The molecule has 0 radical (unpaired) electrons. The maximum absolute atomic E-state index is 12.0. The van der Waals surface area contributed by atoms with Crippen molar-refractivity contribution in [1.29, 1.82) is 0 Å². The van der Waals surface area contributed by atoms with Crippen LogP contribution >= 0.6 is 0 Å². The van der Waals surface area contributed by atoms with Crippen molar-refractivity contribution in [2.45, 2.75) is 11.8 Å². The van der Waals surface area contributed by atoms with Gasteiger partial charge in [0.15, 0.2) is 0 Å². The van der Waals surface area contributed by atoms with E-state index in [9.17, 15) is 18.3 Å². The third-order valence-corrected chi connectivity index (χ3v) is 3.87. The van der Waals surface area contributed by atoms with E-state index in [1.807, 2.05) is 6.92 Å². The molecule has 0 aliphatic rings. The van der Waals surface area contributed by atoms with Gasteiger partial charge in [-0.1, -0.05) is 17.7 Å². The Morgan fingerprint density at radius 3 is 2.05 bits per heavy atom. The quantitative estimate of drug-likeness (QED) is 0.788. The van der Waals surface area contributed by atoms with Crippen LogP contribution in [0, 0.1) is 6.92 Å². The van der Waals surface area contributed by atoms with E-state index in [0.29, 0.717) is 0 Å². The van der Waals surface area contributed by atoms with Crippen LogP contribution in [-0.2, 0) is 10.1 Å². The summed E-state index contributed by atoms with van der Waals surface area (Å²) >= 11 is 0. The van der Waals surface area contributed by atoms with E-state index in [0.717, 1.165) is 5.56 Å². The number of carboxylic acids is 1. The van der Waals surface area contributed by atoms with E-state index < -0.39 is 16.1 Å². The molecule has 0 aliphatic carbocycles. The van der Waals surface area contributed by atoms with Gasteiger partial charge in [0, 0.05) is 0 Å². The normalized spacial score (nSPS) is 11.1. The molecule has 0 unspecified atom stereocenters. The minimum atomic E-state index is -3.93. The van der Waals surface area contributed by atoms with Gasteiger partial charge < -0.3 is 14.1 Å². The van der Waals surface area contributed by atoms with Gasteiger partial charge in [0.05, 0.1) is 5.97 Å². The summed E-state index contributed by atoms with van der Waals surface area (Å²) in [5.74, 6) is -1.30. The number of aromatic carboxylic acids is 1. The molecule has 0 fully saturated rings. The average molecular weight is 291 g/mol. The summed E-state index contributed by atoms with van der Waals surface area (Å²) in [6, 6.07) is 11.2. The molecule has 0 N–H and O–H groups in total. The van der Waals surface area contributed by atoms with Crippen LogP contribution in [0.25, 0.3) is 0 Å². The first-order valence-corrected chi connectivity index (χ1v) is 7.12. The van der Waals surface area contributed by atoms with Crippen LogP contribution in [0.3, 0.4) is 0 Å². The Bertz CT molecular complexity index is 715. The summed E-state index contributed by atoms with van der Waals surface area (Å²) in [6.45, 7) is 1.84. The van der Waals surface area contributed by atoms with Gasteiger partial charge in [-0.15, -0.1) is 0 Å². The predicted octanol–water partition coefficient (Wildman–Crippen LogP) is 1.13. The Kier molecular flexibility index (Phi) is 3.76. The molecule has 0 bridgehead atoms. The van der Waals surface area contributed by atoms with Crippen molar-refractivity contribution in [2.24, 2.45) is 0 Å². The summed E-state index contributed by atoms with van der Waals surface area (Å²) in [4.78, 5) is 10.6. The van der Waals surface area contributed by atoms with Crippen molar-refractivity contribution in [3.8, 4) is 5.75 Å². The van der Waals surface area contributed by atoms with E-state index >= 15 is 0 Å². The fraction of sp³-hybridized carbons (Fsp3) is 0.0714. The summed E-state index contributed by atoms with van der Waals surface area (Å²) in [5.41, 5.74) is 0.882. The molecule has 0 heterocycles. The largest absolute Gasteiger partial charge is 0.545 e. The molecule has 0 amide bonds. The first kappa shape index (κ1) is 14.1. The highest BCUT2D eigenvalue weighted by Gasteiger charge is 2.16. The van der Waals surface area contributed by atoms with Crippen molar-refractivity contribution < 1.29 is 22.5 Å². The van der Waals surface area contributed by atoms with Crippen LogP contribution in [0.2, 0.25) is 0 Å². The highest BCUT2D eigenvalue weighted by atomic mass is 32.2. The molecule has 0 aliphatic heterocycles. The zero-order chi connectivity index (χ0) is 14.8. The lowest BCUT2D eigenvalue weighted by Crippen LogP contribution is -2.22. The summed E-state index contributed by atoms with van der Waals surface area (Å²) in [6.07, 6.45) is 0. The molecule has 20 heavy (non-hydrogen) atoms. The number of carbonyl (C=O) groups excluding carboxylic acids is 1. The third kappa shape index (κ3) is 3.16. The molecule has 0 saturated heterocycles. The first-order chi connectivity index (χ1) is 9.38. The summed E-state index contributed by atoms with van der Waals surface area (Å²) in [7, 11) is -3.93. The fourth-order valence-electron chi connectivity index (χ4n) is 1.53. The molecule has 2 aromatic rings. The molecular weight excluding hydrogens is 280 g/mol. The van der Waals surface area contributed by atoms with Crippen molar-refractivity contribution >= 4 is 16.1 Å². The number of benzene rings is 2. The zero-order valence-electron chi connectivity index (χ0n) is 10.6. The maximum atomic E-state index is 12.0. The fourth-order valence-corrected chi connectivity index (χ4v) is 2.46. The van der Waals surface area contributed by atoms with Gasteiger partial charge in [-0.05, 0) is 48.9 Å². The molecule has 0 saturated carbocycles. The Labute approximate surface area is 116 Å². The highest BCUT2D eigenvalue weighted by Crippen LogP contribution is 2.19. The van der Waals surface area contributed by atoms with E-state index in [4.69, 9.17) is 4.18 Å². The Morgan fingerprint density at radius 1 is 1.00 bits per heavy atom.